The Labute approximate surface area is 96.8 Å². The fraction of sp³-hybridized carbons (Fsp3) is 1.00. The van der Waals surface area contributed by atoms with Crippen molar-refractivity contribution in [3.63, 3.8) is 0 Å². The molecule has 4 atom stereocenters. The van der Waals surface area contributed by atoms with Crippen molar-refractivity contribution in [2.45, 2.75) is 68.2 Å². The maximum absolute atomic E-state index is 10.0. The lowest BCUT2D eigenvalue weighted by molar-refractivity contribution is 0.126. The first kappa shape index (κ1) is 11.7. The molecule has 1 saturated heterocycles. The van der Waals surface area contributed by atoms with Gasteiger partial charge in [0.05, 0.1) is 12.2 Å². The highest BCUT2D eigenvalue weighted by Gasteiger charge is 2.31. The number of hydrogen-bond donors (Lipinski definition) is 1. The van der Waals surface area contributed by atoms with E-state index >= 15 is 0 Å². The minimum atomic E-state index is -0.0784. The summed E-state index contributed by atoms with van der Waals surface area (Å²) in [6.45, 7) is 3.06. The quantitative estimate of drug-likeness (QED) is 0.739. The second-order valence-electron chi connectivity index (χ2n) is 4.78. The molecule has 1 aliphatic carbocycles. The fourth-order valence-electron chi connectivity index (χ4n) is 2.53. The highest BCUT2D eigenvalue weighted by molar-refractivity contribution is 8.00. The molecule has 4 unspecified atom stereocenters. The molecule has 0 radical (unpaired) electrons. The molecule has 1 N–H and O–H groups in total. The molecular formula is C12H22O2S. The monoisotopic (exact) mass is 230 g/mol. The lowest BCUT2D eigenvalue weighted by atomic mass is 10.1. The number of aliphatic hydroxyl groups excluding tert-OH is 1. The van der Waals surface area contributed by atoms with E-state index < -0.39 is 0 Å². The van der Waals surface area contributed by atoms with E-state index in [0.717, 1.165) is 19.4 Å². The Kier molecular flexibility index (Phi) is 4.35. The van der Waals surface area contributed by atoms with Crippen LogP contribution in [0.5, 0.6) is 0 Å². The van der Waals surface area contributed by atoms with Crippen molar-refractivity contribution < 1.29 is 9.84 Å². The summed E-state index contributed by atoms with van der Waals surface area (Å²) in [7, 11) is 0. The Balaban J connectivity index is 1.85. The van der Waals surface area contributed by atoms with Crippen LogP contribution < -0.4 is 0 Å². The Morgan fingerprint density at radius 2 is 1.87 bits per heavy atom. The number of aliphatic hydroxyl groups is 1. The van der Waals surface area contributed by atoms with Crippen molar-refractivity contribution >= 4 is 11.8 Å². The zero-order valence-corrected chi connectivity index (χ0v) is 10.3. The second-order valence-corrected chi connectivity index (χ2v) is 6.27. The normalized spacial score (nSPS) is 42.8. The molecule has 0 spiro atoms. The van der Waals surface area contributed by atoms with Gasteiger partial charge in [0.2, 0.25) is 0 Å². The summed E-state index contributed by atoms with van der Waals surface area (Å²) in [6, 6.07) is 0. The van der Waals surface area contributed by atoms with Crippen LogP contribution in [0.3, 0.4) is 0 Å². The molecule has 1 aliphatic heterocycles. The van der Waals surface area contributed by atoms with E-state index in [1.54, 1.807) is 0 Å². The van der Waals surface area contributed by atoms with E-state index in [0.29, 0.717) is 16.6 Å². The van der Waals surface area contributed by atoms with Gasteiger partial charge in [0.1, 0.15) is 0 Å². The zero-order valence-electron chi connectivity index (χ0n) is 9.52. The van der Waals surface area contributed by atoms with Crippen molar-refractivity contribution in [2.24, 2.45) is 0 Å². The lowest BCUT2D eigenvalue weighted by Crippen LogP contribution is -2.26. The zero-order chi connectivity index (χ0) is 10.7. The SMILES string of the molecule is CC1OCCC1SC1CCCCCC1O. The van der Waals surface area contributed by atoms with E-state index in [1.807, 2.05) is 11.8 Å². The van der Waals surface area contributed by atoms with Crippen molar-refractivity contribution in [3.05, 3.63) is 0 Å². The van der Waals surface area contributed by atoms with Crippen molar-refractivity contribution in [2.75, 3.05) is 6.61 Å². The van der Waals surface area contributed by atoms with Crippen LogP contribution in [0.2, 0.25) is 0 Å². The Hall–Kier alpha value is 0.270. The predicted molar refractivity (Wildman–Crippen MR) is 64.3 cm³/mol. The van der Waals surface area contributed by atoms with Crippen molar-refractivity contribution in [3.8, 4) is 0 Å². The van der Waals surface area contributed by atoms with Crippen LogP contribution in [-0.2, 0) is 4.74 Å². The van der Waals surface area contributed by atoms with Crippen LogP contribution in [0.1, 0.15) is 45.4 Å². The van der Waals surface area contributed by atoms with E-state index in [-0.39, 0.29) is 6.10 Å². The van der Waals surface area contributed by atoms with Gasteiger partial charge in [-0.2, -0.15) is 0 Å². The molecule has 0 aromatic heterocycles. The molecule has 1 heterocycles. The summed E-state index contributed by atoms with van der Waals surface area (Å²) in [5.74, 6) is 0. The minimum absolute atomic E-state index is 0.0784. The van der Waals surface area contributed by atoms with E-state index in [9.17, 15) is 5.11 Å². The number of hydrogen-bond acceptors (Lipinski definition) is 3. The van der Waals surface area contributed by atoms with Crippen LogP contribution in [0.15, 0.2) is 0 Å². The summed E-state index contributed by atoms with van der Waals surface area (Å²) >= 11 is 1.98. The molecule has 0 amide bonds. The van der Waals surface area contributed by atoms with Gasteiger partial charge in [0.25, 0.3) is 0 Å². The van der Waals surface area contributed by atoms with Crippen LogP contribution in [0.25, 0.3) is 0 Å². The summed E-state index contributed by atoms with van der Waals surface area (Å²) in [6.07, 6.45) is 7.44. The molecule has 0 aromatic rings. The molecule has 3 heteroatoms. The average molecular weight is 230 g/mol. The first-order valence-corrected chi connectivity index (χ1v) is 7.17. The smallest absolute Gasteiger partial charge is 0.0666 e. The summed E-state index contributed by atoms with van der Waals surface area (Å²) < 4.78 is 5.57. The molecule has 88 valence electrons. The van der Waals surface area contributed by atoms with Gasteiger partial charge in [-0.05, 0) is 26.2 Å². The first-order chi connectivity index (χ1) is 7.27. The molecule has 15 heavy (non-hydrogen) atoms. The maximum atomic E-state index is 10.0. The fourth-order valence-corrected chi connectivity index (χ4v) is 4.13. The molecule has 2 aliphatic rings. The first-order valence-electron chi connectivity index (χ1n) is 6.22. The second kappa shape index (κ2) is 5.55. The third-order valence-electron chi connectivity index (χ3n) is 3.57. The van der Waals surface area contributed by atoms with Crippen LogP contribution in [0, 0.1) is 0 Å². The maximum Gasteiger partial charge on any atom is 0.0666 e. The van der Waals surface area contributed by atoms with Crippen molar-refractivity contribution in [1.82, 2.24) is 0 Å². The van der Waals surface area contributed by atoms with Crippen LogP contribution in [0.4, 0.5) is 0 Å². The topological polar surface area (TPSA) is 29.5 Å². The highest BCUT2D eigenvalue weighted by Crippen LogP contribution is 2.35. The van der Waals surface area contributed by atoms with Crippen LogP contribution in [-0.4, -0.2) is 34.4 Å². The van der Waals surface area contributed by atoms with Gasteiger partial charge < -0.3 is 9.84 Å². The molecule has 2 nitrogen and oxygen atoms in total. The molecule has 2 fully saturated rings. The van der Waals surface area contributed by atoms with Gasteiger partial charge in [-0.25, -0.2) is 0 Å². The summed E-state index contributed by atoms with van der Waals surface area (Å²) in [5, 5.41) is 11.1. The third kappa shape index (κ3) is 3.11. The Bertz CT molecular complexity index is 198. The molecule has 2 rings (SSSR count). The van der Waals surface area contributed by atoms with E-state index in [4.69, 9.17) is 4.74 Å². The van der Waals surface area contributed by atoms with Gasteiger partial charge >= 0.3 is 0 Å². The largest absolute Gasteiger partial charge is 0.392 e. The average Bonchev–Trinajstić information content (AvgIpc) is 2.50. The number of ether oxygens (including phenoxy) is 1. The molecule has 0 aromatic carbocycles. The summed E-state index contributed by atoms with van der Waals surface area (Å²) in [4.78, 5) is 0. The molecular weight excluding hydrogens is 208 g/mol. The Morgan fingerprint density at radius 1 is 1.07 bits per heavy atom. The van der Waals surface area contributed by atoms with E-state index in [1.165, 1.54) is 25.7 Å². The van der Waals surface area contributed by atoms with Gasteiger partial charge in [0.15, 0.2) is 0 Å². The Morgan fingerprint density at radius 3 is 2.60 bits per heavy atom. The standard InChI is InChI=1S/C12H22O2S/c1-9-11(7-8-14-9)15-12-6-4-2-3-5-10(12)13/h9-13H,2-8H2,1H3. The van der Waals surface area contributed by atoms with E-state index in [2.05, 4.69) is 6.92 Å². The minimum Gasteiger partial charge on any atom is -0.392 e. The highest BCUT2D eigenvalue weighted by atomic mass is 32.2. The number of rotatable bonds is 2. The molecule has 0 bridgehead atoms. The summed E-state index contributed by atoms with van der Waals surface area (Å²) in [5.41, 5.74) is 0. The van der Waals surface area contributed by atoms with Gasteiger partial charge in [0, 0.05) is 17.1 Å². The third-order valence-corrected chi connectivity index (χ3v) is 5.44. The molecule has 1 saturated carbocycles. The van der Waals surface area contributed by atoms with Crippen molar-refractivity contribution in [1.29, 1.82) is 0 Å². The van der Waals surface area contributed by atoms with Crippen LogP contribution >= 0.6 is 11.8 Å². The van der Waals surface area contributed by atoms with Gasteiger partial charge in [-0.1, -0.05) is 19.3 Å². The van der Waals surface area contributed by atoms with Gasteiger partial charge in [-0.15, -0.1) is 11.8 Å². The number of thioether (sulfide) groups is 1. The van der Waals surface area contributed by atoms with Gasteiger partial charge in [-0.3, -0.25) is 0 Å². The lowest BCUT2D eigenvalue weighted by Gasteiger charge is -2.24. The predicted octanol–water partition coefficient (Wildman–Crippen LogP) is 2.59.